The maximum atomic E-state index is 11.5. The standard InChI is InChI=1S/C17H17ClO5/c1-20-16-11-12(17(19)21-2)3-8-15(16)23-10-9-22-14-6-4-13(18)5-7-14/h3-8,11H,9-10H2,1-2H3. The Morgan fingerprint density at radius 3 is 2.30 bits per heavy atom. The molecule has 0 aliphatic heterocycles. The number of hydrogen-bond acceptors (Lipinski definition) is 5. The molecule has 0 atom stereocenters. The number of methoxy groups -OCH3 is 2. The van der Waals surface area contributed by atoms with Gasteiger partial charge in [-0.05, 0) is 42.5 Å². The number of halogens is 1. The zero-order valence-electron chi connectivity index (χ0n) is 12.9. The first-order valence-electron chi connectivity index (χ1n) is 6.91. The highest BCUT2D eigenvalue weighted by atomic mass is 35.5. The maximum Gasteiger partial charge on any atom is 0.337 e. The first-order chi connectivity index (χ1) is 11.1. The highest BCUT2D eigenvalue weighted by Gasteiger charge is 2.11. The van der Waals surface area contributed by atoms with Crippen molar-refractivity contribution >= 4 is 17.6 Å². The van der Waals surface area contributed by atoms with Crippen LogP contribution in [0, 0.1) is 0 Å². The summed E-state index contributed by atoms with van der Waals surface area (Å²) < 4.78 is 21.0. The van der Waals surface area contributed by atoms with Crippen molar-refractivity contribution in [3.63, 3.8) is 0 Å². The van der Waals surface area contributed by atoms with E-state index in [-0.39, 0.29) is 0 Å². The van der Waals surface area contributed by atoms with E-state index in [1.807, 2.05) is 0 Å². The van der Waals surface area contributed by atoms with Gasteiger partial charge in [-0.3, -0.25) is 0 Å². The molecule has 0 bridgehead atoms. The molecule has 0 unspecified atom stereocenters. The lowest BCUT2D eigenvalue weighted by molar-refractivity contribution is 0.0600. The molecule has 2 aromatic rings. The van der Waals surface area contributed by atoms with Gasteiger partial charge < -0.3 is 18.9 Å². The number of carbonyl (C=O) groups excluding carboxylic acids is 1. The van der Waals surface area contributed by atoms with Crippen LogP contribution in [0.5, 0.6) is 17.2 Å². The van der Waals surface area contributed by atoms with Crippen molar-refractivity contribution in [2.45, 2.75) is 0 Å². The SMILES string of the molecule is COC(=O)c1ccc(OCCOc2ccc(Cl)cc2)c(OC)c1. The van der Waals surface area contributed by atoms with Gasteiger partial charge in [0, 0.05) is 5.02 Å². The lowest BCUT2D eigenvalue weighted by atomic mass is 10.2. The van der Waals surface area contributed by atoms with Crippen LogP contribution in [0.3, 0.4) is 0 Å². The van der Waals surface area contributed by atoms with Crippen LogP contribution in [-0.2, 0) is 4.74 Å². The van der Waals surface area contributed by atoms with Crippen LogP contribution >= 0.6 is 11.6 Å². The number of benzene rings is 2. The summed E-state index contributed by atoms with van der Waals surface area (Å²) in [5, 5.41) is 0.657. The predicted molar refractivity (Wildman–Crippen MR) is 86.8 cm³/mol. The summed E-state index contributed by atoms with van der Waals surface area (Å²) in [6.07, 6.45) is 0. The fourth-order valence-corrected chi connectivity index (χ4v) is 2.00. The molecule has 122 valence electrons. The predicted octanol–water partition coefficient (Wildman–Crippen LogP) is 3.59. The molecule has 23 heavy (non-hydrogen) atoms. The van der Waals surface area contributed by atoms with Gasteiger partial charge in [0.2, 0.25) is 0 Å². The second-order valence-corrected chi connectivity index (χ2v) is 4.94. The fourth-order valence-electron chi connectivity index (χ4n) is 1.87. The molecule has 0 aliphatic carbocycles. The third-order valence-corrected chi connectivity index (χ3v) is 3.26. The van der Waals surface area contributed by atoms with Gasteiger partial charge >= 0.3 is 5.97 Å². The summed E-state index contributed by atoms with van der Waals surface area (Å²) in [5.74, 6) is 1.27. The van der Waals surface area contributed by atoms with Crippen LogP contribution in [0.4, 0.5) is 0 Å². The van der Waals surface area contributed by atoms with Gasteiger partial charge in [-0.15, -0.1) is 0 Å². The molecule has 5 nitrogen and oxygen atoms in total. The van der Waals surface area contributed by atoms with Crippen molar-refractivity contribution in [3.8, 4) is 17.2 Å². The normalized spacial score (nSPS) is 10.0. The Morgan fingerprint density at radius 2 is 1.65 bits per heavy atom. The second-order valence-electron chi connectivity index (χ2n) is 4.51. The van der Waals surface area contributed by atoms with Crippen LogP contribution in [-0.4, -0.2) is 33.4 Å². The first kappa shape index (κ1) is 17.0. The first-order valence-corrected chi connectivity index (χ1v) is 7.29. The minimum atomic E-state index is -0.430. The van der Waals surface area contributed by atoms with Crippen LogP contribution in [0.1, 0.15) is 10.4 Å². The zero-order chi connectivity index (χ0) is 16.7. The monoisotopic (exact) mass is 336 g/mol. The van der Waals surface area contributed by atoms with Gasteiger partial charge in [-0.1, -0.05) is 11.6 Å². The Bertz CT molecular complexity index is 655. The molecule has 0 saturated heterocycles. The van der Waals surface area contributed by atoms with Crippen LogP contribution in [0.25, 0.3) is 0 Å². The van der Waals surface area contributed by atoms with E-state index in [0.29, 0.717) is 41.0 Å². The average molecular weight is 337 g/mol. The molecule has 2 aromatic carbocycles. The summed E-state index contributed by atoms with van der Waals surface area (Å²) >= 11 is 5.80. The van der Waals surface area contributed by atoms with Crippen molar-refractivity contribution in [2.75, 3.05) is 27.4 Å². The van der Waals surface area contributed by atoms with E-state index in [2.05, 4.69) is 4.74 Å². The minimum absolute atomic E-state index is 0.330. The van der Waals surface area contributed by atoms with E-state index in [1.54, 1.807) is 42.5 Å². The van der Waals surface area contributed by atoms with Gasteiger partial charge in [-0.25, -0.2) is 4.79 Å². The summed E-state index contributed by atoms with van der Waals surface area (Å²) in [7, 11) is 2.83. The molecule has 0 spiro atoms. The highest BCUT2D eigenvalue weighted by molar-refractivity contribution is 6.30. The summed E-state index contributed by atoms with van der Waals surface area (Å²) in [4.78, 5) is 11.5. The summed E-state index contributed by atoms with van der Waals surface area (Å²) in [6, 6.07) is 11.9. The van der Waals surface area contributed by atoms with Gasteiger partial charge in [0.25, 0.3) is 0 Å². The minimum Gasteiger partial charge on any atom is -0.493 e. The highest BCUT2D eigenvalue weighted by Crippen LogP contribution is 2.28. The Hall–Kier alpha value is -2.40. The molecule has 0 heterocycles. The molecule has 2 rings (SSSR count). The Balaban J connectivity index is 1.89. The summed E-state index contributed by atoms with van der Waals surface area (Å²) in [5.41, 5.74) is 0.397. The molecule has 6 heteroatoms. The van der Waals surface area contributed by atoms with Crippen LogP contribution in [0.2, 0.25) is 5.02 Å². The van der Waals surface area contributed by atoms with Crippen LogP contribution < -0.4 is 14.2 Å². The molecule has 0 saturated carbocycles. The Morgan fingerprint density at radius 1 is 0.957 bits per heavy atom. The molecule has 0 aromatic heterocycles. The van der Waals surface area contributed by atoms with E-state index >= 15 is 0 Å². The molecular weight excluding hydrogens is 320 g/mol. The number of ether oxygens (including phenoxy) is 4. The van der Waals surface area contributed by atoms with Crippen LogP contribution in [0.15, 0.2) is 42.5 Å². The largest absolute Gasteiger partial charge is 0.493 e. The topological polar surface area (TPSA) is 54.0 Å². The zero-order valence-corrected chi connectivity index (χ0v) is 13.6. The maximum absolute atomic E-state index is 11.5. The third kappa shape index (κ3) is 4.79. The van der Waals surface area contributed by atoms with Crippen molar-refractivity contribution < 1.29 is 23.7 Å². The average Bonchev–Trinajstić information content (AvgIpc) is 2.59. The van der Waals surface area contributed by atoms with Gasteiger partial charge in [0.15, 0.2) is 11.5 Å². The quantitative estimate of drug-likeness (QED) is 0.571. The molecular formula is C17H17ClO5. The van der Waals surface area contributed by atoms with Gasteiger partial charge in [0.05, 0.1) is 19.8 Å². The molecule has 0 amide bonds. The second kappa shape index (κ2) is 8.29. The lowest BCUT2D eigenvalue weighted by Crippen LogP contribution is -2.10. The van der Waals surface area contributed by atoms with Crippen molar-refractivity contribution in [2.24, 2.45) is 0 Å². The number of hydrogen-bond donors (Lipinski definition) is 0. The van der Waals surface area contributed by atoms with Gasteiger partial charge in [0.1, 0.15) is 19.0 Å². The Kier molecular flexibility index (Phi) is 6.11. The third-order valence-electron chi connectivity index (χ3n) is 3.01. The number of rotatable bonds is 7. The lowest BCUT2D eigenvalue weighted by Gasteiger charge is -2.12. The van der Waals surface area contributed by atoms with E-state index in [9.17, 15) is 4.79 Å². The molecule has 0 fully saturated rings. The van der Waals surface area contributed by atoms with E-state index in [1.165, 1.54) is 14.2 Å². The van der Waals surface area contributed by atoms with Gasteiger partial charge in [-0.2, -0.15) is 0 Å². The van der Waals surface area contributed by atoms with Crippen molar-refractivity contribution in [1.29, 1.82) is 0 Å². The molecule has 0 radical (unpaired) electrons. The van der Waals surface area contributed by atoms with Crippen molar-refractivity contribution in [3.05, 3.63) is 53.1 Å². The van der Waals surface area contributed by atoms with E-state index in [4.69, 9.17) is 25.8 Å². The molecule has 0 N–H and O–H groups in total. The smallest absolute Gasteiger partial charge is 0.337 e. The Labute approximate surface area is 139 Å². The fraction of sp³-hybridized carbons (Fsp3) is 0.235. The van der Waals surface area contributed by atoms with E-state index in [0.717, 1.165) is 0 Å². The summed E-state index contributed by atoms with van der Waals surface area (Å²) in [6.45, 7) is 0.695. The number of esters is 1. The number of carbonyl (C=O) groups is 1. The van der Waals surface area contributed by atoms with E-state index < -0.39 is 5.97 Å². The van der Waals surface area contributed by atoms with Crippen molar-refractivity contribution in [1.82, 2.24) is 0 Å². The molecule has 0 aliphatic rings.